The zero-order chi connectivity index (χ0) is 81.8. The maximum atomic E-state index is 13.2. The molecule has 3 fully saturated rings. The van der Waals surface area contributed by atoms with Gasteiger partial charge in [0.1, 0.15) is 0 Å². The average molecular weight is 1660 g/mol. The molecular formula is C92H100ClLiN12O11S2. The summed E-state index contributed by atoms with van der Waals surface area (Å²) in [5.74, 6) is -0.746. The number of fused-ring (bicyclic) bond motifs is 4. The van der Waals surface area contributed by atoms with Crippen LogP contribution in [0.1, 0.15) is 100.0 Å². The van der Waals surface area contributed by atoms with Crippen LogP contribution < -0.4 is 24.2 Å². The Morgan fingerprint density at radius 3 is 1.34 bits per heavy atom. The Bertz CT molecular complexity index is 5640. The quantitative estimate of drug-likeness (QED) is 0.0459. The number of ether oxygens (including phenoxy) is 2. The molecule has 614 valence electrons. The number of methoxy groups -OCH3 is 2. The third kappa shape index (κ3) is 23.6. The number of alkyl halides is 1. The van der Waals surface area contributed by atoms with E-state index in [0.717, 1.165) is 110 Å². The van der Waals surface area contributed by atoms with Crippen molar-refractivity contribution in [2.75, 3.05) is 93.8 Å². The molecule has 0 aliphatic carbocycles. The van der Waals surface area contributed by atoms with Gasteiger partial charge >= 0.3 is 36.8 Å². The first-order valence-corrected chi connectivity index (χ1v) is 40.7. The van der Waals surface area contributed by atoms with Gasteiger partial charge in [0, 0.05) is 210 Å². The molecule has 6 aromatic heterocycles. The number of rotatable bonds is 18. The average Bonchev–Trinajstić information content (AvgIpc) is 1.70. The molecule has 0 unspecified atom stereocenters. The van der Waals surface area contributed by atoms with Crippen molar-refractivity contribution in [1.82, 2.24) is 58.1 Å². The number of aromatic carboxylic acids is 1. The number of benzene rings is 8. The summed E-state index contributed by atoms with van der Waals surface area (Å²) in [6, 6.07) is 66.7. The summed E-state index contributed by atoms with van der Waals surface area (Å²) in [5, 5.41) is 21.7. The number of likely N-dealkylation sites (N-methyl/N-ethyl adjacent to an activating group) is 2. The van der Waals surface area contributed by atoms with Crippen LogP contribution in [0, 0.1) is 0 Å². The van der Waals surface area contributed by atoms with Crippen LogP contribution in [0.2, 0.25) is 0 Å². The molecule has 0 atom stereocenters. The van der Waals surface area contributed by atoms with Crippen LogP contribution in [0.3, 0.4) is 0 Å². The maximum Gasteiger partial charge on any atom is 1.00 e. The van der Waals surface area contributed by atoms with Crippen molar-refractivity contribution in [1.29, 1.82) is 0 Å². The molecule has 3 amide bonds. The molecule has 0 bridgehead atoms. The van der Waals surface area contributed by atoms with Crippen molar-refractivity contribution >= 4 is 114 Å². The molecule has 8 aromatic carbocycles. The summed E-state index contributed by atoms with van der Waals surface area (Å²) < 4.78 is 17.6. The van der Waals surface area contributed by atoms with Crippen molar-refractivity contribution < 1.29 is 73.2 Å². The Kier molecular flexibility index (Phi) is 33.8. The van der Waals surface area contributed by atoms with Gasteiger partial charge in [-0.15, -0.1) is 34.3 Å². The molecule has 119 heavy (non-hydrogen) atoms. The number of likely N-dealkylation sites (tertiary alicyclic amines) is 1. The smallest absolute Gasteiger partial charge is 0.870 e. The molecule has 0 saturated carbocycles. The number of thiazole rings is 2. The van der Waals surface area contributed by atoms with Gasteiger partial charge in [-0.05, 0) is 125 Å². The predicted octanol–water partition coefficient (Wildman–Crippen LogP) is 11.0. The van der Waals surface area contributed by atoms with Gasteiger partial charge in [-0.25, -0.2) is 24.4 Å². The fourth-order valence-electron chi connectivity index (χ4n) is 14.3. The number of hydrogen-bond acceptors (Lipinski definition) is 16. The molecule has 27 heteroatoms. The number of carbonyl (C=O) groups excluding carboxylic acids is 5. The van der Waals surface area contributed by atoms with E-state index in [4.69, 9.17) is 21.4 Å². The summed E-state index contributed by atoms with van der Waals surface area (Å²) in [5.41, 5.74) is 15.1. The Hall–Kier alpha value is -11.3. The molecule has 14 aromatic rings. The Labute approximate surface area is 718 Å². The molecule has 3 aliphatic rings. The van der Waals surface area contributed by atoms with Crippen molar-refractivity contribution in [2.24, 2.45) is 28.2 Å². The van der Waals surface area contributed by atoms with Crippen LogP contribution >= 0.6 is 34.3 Å². The van der Waals surface area contributed by atoms with Crippen LogP contribution in [0.15, 0.2) is 248 Å². The molecule has 23 nitrogen and oxygen atoms in total. The number of carboxylic acid groups (broad SMARTS) is 1. The molecule has 3 aliphatic heterocycles. The number of nitrogens with one attached hydrogen (secondary N) is 1. The van der Waals surface area contributed by atoms with Crippen molar-refractivity contribution in [3.8, 4) is 0 Å². The molecule has 3 saturated heterocycles. The zero-order valence-electron chi connectivity index (χ0n) is 68.5. The number of aryl methyl sites for hydroxylation is 4. The van der Waals surface area contributed by atoms with Gasteiger partial charge in [0.2, 0.25) is 0 Å². The topological polar surface area (TPSA) is 276 Å². The summed E-state index contributed by atoms with van der Waals surface area (Å²) >= 11 is 8.31. The number of carbonyl (C=O) groups is 6. The van der Waals surface area contributed by atoms with Crippen LogP contribution in [0.4, 0.5) is 0 Å². The SMILES string of the molecule is CN(CCN(C)C1CNC1)C(=O)c1nccs1.COC(=O)c1ccc2c(Cc3ccccc3)cn(C)c2c1.COC(=O)c1ccc2ccn(C)c2c1.ClCc1ccccc1.Cn1cc(Cc2ccccc2)c2ccc(C(=O)N3CC(N4CCN(C(=O)c5nccs5)CC4)C3)cc21.Cn1cc(Cc2ccccc2)c2ccc(C(=O)O)cc21.O.[Li+].[OH-]. The van der Waals surface area contributed by atoms with Crippen molar-refractivity contribution in [3.05, 3.63) is 319 Å². The molecule has 5 N–H and O–H groups in total. The van der Waals surface area contributed by atoms with E-state index >= 15 is 0 Å². The molecule has 0 radical (unpaired) electrons. The first kappa shape index (κ1) is 91.6. The number of aromatic nitrogens is 6. The molecule has 17 rings (SSSR count). The maximum absolute atomic E-state index is 13.2. The second-order valence-corrected chi connectivity index (χ2v) is 31.0. The van der Waals surface area contributed by atoms with Gasteiger partial charge in [-0.3, -0.25) is 24.2 Å². The number of nitrogens with zero attached hydrogens (tertiary/aromatic N) is 11. The van der Waals surface area contributed by atoms with Crippen LogP contribution in [0.5, 0.6) is 0 Å². The van der Waals surface area contributed by atoms with Crippen LogP contribution in [-0.2, 0) is 62.8 Å². The summed E-state index contributed by atoms with van der Waals surface area (Å²) in [6.07, 6.45) is 14.3. The van der Waals surface area contributed by atoms with Gasteiger partial charge in [0.15, 0.2) is 10.0 Å². The van der Waals surface area contributed by atoms with Crippen molar-refractivity contribution in [3.63, 3.8) is 0 Å². The standard InChI is InChI=1S/C28H29N5O2S.C18H17NO2.C17H15NO2.C11H18N4OS.C11H11NO2.C7H7Cl.Li.2H2O/c1-30-17-22(15-20-5-3-2-4-6-20)24-8-7-21(16-25(24)30)27(34)33-18-23(19-33)31-10-12-32(13-11-31)28(35)26-29-9-14-36-26;1-19-12-15(10-13-6-4-3-5-7-13)16-9-8-14(11-17(16)19)18(20)21-2;1-18-11-14(9-12-5-3-2-4-6-12)15-8-7-13(17(19)20)10-16(15)18;1-14(9-7-12-8-9)4-5-15(2)11(16)10-13-3-6-17-10;1-12-6-5-8-3-4-9(7-10(8)12)11(13)14-2;8-6-7-4-2-1-3-5-7;;;/h2-9,14,16-17,23H,10-13,15,18-19H2,1H3;3-9,11-12H,10H2,1-2H3;2-8,10-11H,9H2,1H3,(H,19,20);3,6,9,12H,4-5,7-8H2,1-2H3;3-7H,1-2H3;1-5H,6H2;;2*1H2/q;;;;;;+1;;/p-1. The van der Waals surface area contributed by atoms with Gasteiger partial charge in [-0.1, -0.05) is 146 Å². The summed E-state index contributed by atoms with van der Waals surface area (Å²) in [7, 11) is 14.7. The third-order valence-electron chi connectivity index (χ3n) is 21.2. The number of piperazine rings is 1. The van der Waals surface area contributed by atoms with E-state index in [1.54, 1.807) is 35.5 Å². The number of esters is 2. The fourth-order valence-corrected chi connectivity index (χ4v) is 15.7. The van der Waals surface area contributed by atoms with Crippen molar-refractivity contribution in [2.45, 2.75) is 37.2 Å². The minimum atomic E-state index is -0.891. The fraction of sp³-hybridized carbons (Fsp3) is 0.261. The van der Waals surface area contributed by atoms with Crippen LogP contribution in [-0.4, -0.2) is 210 Å². The summed E-state index contributed by atoms with van der Waals surface area (Å²) in [6.45, 7) is 8.32. The largest absolute Gasteiger partial charge is 1.00 e. The number of amides is 3. The molecule has 9 heterocycles. The van der Waals surface area contributed by atoms with Gasteiger partial charge < -0.3 is 63.8 Å². The molecular weight excluding hydrogens is 1560 g/mol. The van der Waals surface area contributed by atoms with E-state index in [1.807, 2.05) is 186 Å². The van der Waals surface area contributed by atoms with E-state index in [1.165, 1.54) is 86.6 Å². The Morgan fingerprint density at radius 2 is 0.924 bits per heavy atom. The Morgan fingerprint density at radius 1 is 0.504 bits per heavy atom. The predicted molar refractivity (Wildman–Crippen MR) is 468 cm³/mol. The minimum Gasteiger partial charge on any atom is -0.870 e. The van der Waals surface area contributed by atoms with E-state index in [9.17, 15) is 28.8 Å². The number of halogens is 1. The van der Waals surface area contributed by atoms with E-state index in [0.29, 0.717) is 57.8 Å². The first-order chi connectivity index (χ1) is 56.2. The normalized spacial score (nSPS) is 13.0. The first-order valence-electron chi connectivity index (χ1n) is 38.4. The second kappa shape index (κ2) is 43.9. The number of carboxylic acids is 1. The second-order valence-electron chi connectivity index (χ2n) is 29.0. The van der Waals surface area contributed by atoms with Gasteiger partial charge in [0.05, 0.1) is 30.9 Å². The summed E-state index contributed by atoms with van der Waals surface area (Å²) in [4.78, 5) is 90.0. The Balaban J connectivity index is 0.000000170. The zero-order valence-corrected chi connectivity index (χ0v) is 70.9. The van der Waals surface area contributed by atoms with Gasteiger partial charge in [-0.2, -0.15) is 0 Å². The van der Waals surface area contributed by atoms with E-state index in [2.05, 4.69) is 131 Å². The van der Waals surface area contributed by atoms with Gasteiger partial charge in [0.25, 0.3) is 17.7 Å². The van der Waals surface area contributed by atoms with Crippen LogP contribution in [0.25, 0.3) is 43.6 Å². The molecule has 0 spiro atoms. The van der Waals surface area contributed by atoms with E-state index < -0.39 is 5.97 Å². The minimum absolute atomic E-state index is 0. The monoisotopic (exact) mass is 1650 g/mol. The van der Waals surface area contributed by atoms with E-state index in [-0.39, 0.29) is 59.5 Å². The third-order valence-corrected chi connectivity index (χ3v) is 23.0. The number of hydrogen-bond donors (Lipinski definition) is 2.